The first-order valence-electron chi connectivity index (χ1n) is 13.8. The first-order valence-corrected chi connectivity index (χ1v) is 13.8. The van der Waals surface area contributed by atoms with Gasteiger partial charge in [0.05, 0.1) is 26.2 Å². The summed E-state index contributed by atoms with van der Waals surface area (Å²) >= 11 is 0. The molecule has 0 fully saturated rings. The van der Waals surface area contributed by atoms with Gasteiger partial charge in [-0.2, -0.15) is 0 Å². The lowest BCUT2D eigenvalue weighted by Crippen LogP contribution is -2.50. The van der Waals surface area contributed by atoms with Gasteiger partial charge >= 0.3 is 0 Å². The molecule has 0 N–H and O–H groups in total. The van der Waals surface area contributed by atoms with Crippen molar-refractivity contribution in [2.24, 2.45) is 0 Å². The first-order chi connectivity index (χ1) is 14.2. The smallest absolute Gasteiger partial charge is 0.0786 e. The second-order valence-electron chi connectivity index (χ2n) is 9.33. The molecule has 0 aliphatic carbocycles. The molecule has 0 aliphatic rings. The lowest BCUT2D eigenvalue weighted by molar-refractivity contribution is -0.929. The van der Waals surface area contributed by atoms with Gasteiger partial charge in [-0.3, -0.25) is 0 Å². The van der Waals surface area contributed by atoms with E-state index >= 15 is 0 Å². The average molecular weight is 412 g/mol. The summed E-state index contributed by atoms with van der Waals surface area (Å²) in [4.78, 5) is 0. The number of hydrogen-bond acceptors (Lipinski definition) is 0. The van der Waals surface area contributed by atoms with Crippen LogP contribution in [0.5, 0.6) is 0 Å². The van der Waals surface area contributed by atoms with Crippen molar-refractivity contribution < 1.29 is 4.48 Å². The van der Waals surface area contributed by atoms with Crippen LogP contribution in [0, 0.1) is 6.92 Å². The summed E-state index contributed by atoms with van der Waals surface area (Å²) in [5, 5.41) is 0. The van der Waals surface area contributed by atoms with E-state index in [1.54, 1.807) is 0 Å². The van der Waals surface area contributed by atoms with Crippen molar-refractivity contribution >= 4 is 0 Å². The Hall–Kier alpha value is -0.0400. The second-order valence-corrected chi connectivity index (χ2v) is 9.33. The van der Waals surface area contributed by atoms with Crippen molar-refractivity contribution in [3.05, 3.63) is 6.92 Å². The molecule has 0 saturated heterocycles. The van der Waals surface area contributed by atoms with E-state index in [4.69, 9.17) is 0 Å². The van der Waals surface area contributed by atoms with Crippen LogP contribution in [0.15, 0.2) is 0 Å². The number of quaternary nitrogens is 1. The van der Waals surface area contributed by atoms with Gasteiger partial charge in [0.25, 0.3) is 0 Å². The number of nitrogens with zero attached hydrogens (tertiary/aromatic N) is 1. The Kier molecular flexibility index (Phi) is 27.9. The minimum absolute atomic E-state index is 1.12. The SMILES string of the molecule is CCCC[N+](CCCC)(CCCC)CCCC.[CH2]CCCCCCCCCCC. The molecule has 0 aromatic rings. The van der Waals surface area contributed by atoms with Gasteiger partial charge in [-0.05, 0) is 25.7 Å². The van der Waals surface area contributed by atoms with Crippen molar-refractivity contribution in [3.8, 4) is 0 Å². The third kappa shape index (κ3) is 22.5. The second kappa shape index (κ2) is 26.0. The van der Waals surface area contributed by atoms with E-state index in [2.05, 4.69) is 41.5 Å². The van der Waals surface area contributed by atoms with E-state index in [1.807, 2.05) is 0 Å². The highest BCUT2D eigenvalue weighted by Gasteiger charge is 2.24. The van der Waals surface area contributed by atoms with Crippen molar-refractivity contribution in [1.82, 2.24) is 0 Å². The Morgan fingerprint density at radius 1 is 0.379 bits per heavy atom. The van der Waals surface area contributed by atoms with Crippen LogP contribution in [-0.2, 0) is 0 Å². The summed E-state index contributed by atoms with van der Waals surface area (Å²) in [5.41, 5.74) is 0. The normalized spacial score (nSPS) is 11.4. The summed E-state index contributed by atoms with van der Waals surface area (Å²) in [5.74, 6) is 0. The number of hydrogen-bond donors (Lipinski definition) is 0. The van der Waals surface area contributed by atoms with E-state index in [1.165, 1.54) is 140 Å². The van der Waals surface area contributed by atoms with Crippen LogP contribution in [-0.4, -0.2) is 30.7 Å². The molecule has 0 unspecified atom stereocenters. The van der Waals surface area contributed by atoms with Crippen LogP contribution < -0.4 is 0 Å². The molecular weight excluding hydrogens is 350 g/mol. The first kappa shape index (κ1) is 31.1. The van der Waals surface area contributed by atoms with Crippen LogP contribution >= 0.6 is 0 Å². The predicted octanol–water partition coefficient (Wildman–Crippen LogP) is 9.74. The highest BCUT2D eigenvalue weighted by molar-refractivity contribution is 4.49. The molecule has 177 valence electrons. The van der Waals surface area contributed by atoms with E-state index in [0.29, 0.717) is 0 Å². The van der Waals surface area contributed by atoms with Crippen LogP contribution in [0.4, 0.5) is 0 Å². The van der Waals surface area contributed by atoms with Crippen molar-refractivity contribution in [1.29, 1.82) is 0 Å². The average Bonchev–Trinajstić information content (AvgIpc) is 2.75. The predicted molar refractivity (Wildman–Crippen MR) is 137 cm³/mol. The van der Waals surface area contributed by atoms with Crippen LogP contribution in [0.3, 0.4) is 0 Å². The lowest BCUT2D eigenvalue weighted by Gasteiger charge is -2.39. The molecule has 0 aromatic heterocycles. The number of unbranched alkanes of at least 4 members (excludes halogenated alkanes) is 13. The molecule has 0 bridgehead atoms. The van der Waals surface area contributed by atoms with Gasteiger partial charge in [-0.1, -0.05) is 131 Å². The molecule has 0 rings (SSSR count). The fourth-order valence-corrected chi connectivity index (χ4v) is 4.13. The fourth-order valence-electron chi connectivity index (χ4n) is 4.13. The summed E-state index contributed by atoms with van der Waals surface area (Å²) in [6, 6.07) is 0. The van der Waals surface area contributed by atoms with E-state index < -0.39 is 0 Å². The van der Waals surface area contributed by atoms with Gasteiger partial charge in [0.1, 0.15) is 0 Å². The van der Waals surface area contributed by atoms with Gasteiger partial charge in [-0.25, -0.2) is 0 Å². The van der Waals surface area contributed by atoms with Crippen molar-refractivity contribution in [2.45, 2.75) is 150 Å². The van der Waals surface area contributed by atoms with Gasteiger partial charge < -0.3 is 4.48 Å². The lowest BCUT2D eigenvalue weighted by atomic mass is 10.1. The van der Waals surface area contributed by atoms with Gasteiger partial charge in [0.15, 0.2) is 0 Å². The van der Waals surface area contributed by atoms with Gasteiger partial charge in [0.2, 0.25) is 0 Å². The maximum Gasteiger partial charge on any atom is 0.0786 e. The van der Waals surface area contributed by atoms with Crippen LogP contribution in [0.25, 0.3) is 0 Å². The Balaban J connectivity index is 0. The molecule has 0 aromatic carbocycles. The molecule has 1 radical (unpaired) electrons. The summed E-state index contributed by atoms with van der Waals surface area (Å²) in [6.07, 6.45) is 24.9. The zero-order chi connectivity index (χ0) is 22.1. The standard InChI is InChI=1S/C16H36N.C12H25/c1-5-9-13-17(14-10-6-2,15-11-7-3)16-12-8-4;1-3-5-7-9-11-12-10-8-6-4-2/h5-16H2,1-4H3;1,3-12H2,2H3/q+1;. The maximum atomic E-state index is 3.84. The third-order valence-corrected chi connectivity index (χ3v) is 6.30. The van der Waals surface area contributed by atoms with E-state index in [9.17, 15) is 0 Å². The summed E-state index contributed by atoms with van der Waals surface area (Å²) < 4.78 is 1.42. The molecule has 1 nitrogen and oxygen atoms in total. The molecule has 1 heteroatoms. The molecular formula is C28H61N+. The highest BCUT2D eigenvalue weighted by Crippen LogP contribution is 2.16. The molecule has 0 spiro atoms. The van der Waals surface area contributed by atoms with E-state index in [0.717, 1.165) is 6.42 Å². The summed E-state index contributed by atoms with van der Waals surface area (Å²) in [7, 11) is 0. The largest absolute Gasteiger partial charge is 0.324 e. The van der Waals surface area contributed by atoms with Crippen molar-refractivity contribution in [2.75, 3.05) is 26.2 Å². The van der Waals surface area contributed by atoms with Crippen LogP contribution in [0.2, 0.25) is 0 Å². The highest BCUT2D eigenvalue weighted by atomic mass is 15.3. The molecule has 29 heavy (non-hydrogen) atoms. The Morgan fingerprint density at radius 3 is 0.931 bits per heavy atom. The monoisotopic (exact) mass is 411 g/mol. The topological polar surface area (TPSA) is 0 Å². The van der Waals surface area contributed by atoms with Gasteiger partial charge in [0, 0.05) is 0 Å². The summed E-state index contributed by atoms with van der Waals surface area (Å²) in [6.45, 7) is 21.1. The Labute approximate surface area is 188 Å². The maximum absolute atomic E-state index is 3.84. The third-order valence-electron chi connectivity index (χ3n) is 6.30. The van der Waals surface area contributed by atoms with Gasteiger partial charge in [-0.15, -0.1) is 0 Å². The quantitative estimate of drug-likeness (QED) is 0.130. The minimum Gasteiger partial charge on any atom is -0.324 e. The molecule has 0 saturated carbocycles. The zero-order valence-electron chi connectivity index (χ0n) is 21.7. The molecule has 0 atom stereocenters. The van der Waals surface area contributed by atoms with Crippen molar-refractivity contribution in [3.63, 3.8) is 0 Å². The number of rotatable bonds is 21. The molecule has 0 heterocycles. The molecule has 0 amide bonds. The van der Waals surface area contributed by atoms with Crippen LogP contribution in [0.1, 0.15) is 150 Å². The van der Waals surface area contributed by atoms with E-state index in [-0.39, 0.29) is 0 Å². The minimum atomic E-state index is 1.12. The molecule has 0 aliphatic heterocycles. The zero-order valence-corrected chi connectivity index (χ0v) is 21.7. The fraction of sp³-hybridized carbons (Fsp3) is 0.964. The Morgan fingerprint density at radius 2 is 0.655 bits per heavy atom. The Bertz CT molecular complexity index is 226.